The van der Waals surface area contributed by atoms with Gasteiger partial charge in [-0.3, -0.25) is 14.2 Å². The number of aryl methyl sites for hydroxylation is 1. The zero-order chi connectivity index (χ0) is 23.1. The monoisotopic (exact) mass is 457 g/mol. The second kappa shape index (κ2) is 8.18. The van der Waals surface area contributed by atoms with E-state index < -0.39 is 6.04 Å². The number of halogens is 1. The van der Waals surface area contributed by atoms with Gasteiger partial charge < -0.3 is 5.32 Å². The van der Waals surface area contributed by atoms with Gasteiger partial charge in [-0.25, -0.2) is 9.50 Å². The molecule has 0 saturated carbocycles. The summed E-state index contributed by atoms with van der Waals surface area (Å²) < 4.78 is 3.19. The van der Waals surface area contributed by atoms with Crippen LogP contribution in [0.1, 0.15) is 34.7 Å². The smallest absolute Gasteiger partial charge is 0.263 e. The van der Waals surface area contributed by atoms with Gasteiger partial charge in [0.1, 0.15) is 5.56 Å². The maximum absolute atomic E-state index is 13.5. The molecule has 3 heterocycles. The molecular weight excluding hydrogens is 438 g/mol. The lowest BCUT2D eigenvalue weighted by molar-refractivity contribution is 0.0939. The van der Waals surface area contributed by atoms with Crippen molar-refractivity contribution in [3.8, 4) is 5.69 Å². The summed E-state index contributed by atoms with van der Waals surface area (Å²) in [4.78, 5) is 31.1. The highest BCUT2D eigenvalue weighted by Crippen LogP contribution is 2.26. The number of carbonyl (C=O) groups is 1. The average molecular weight is 458 g/mol. The summed E-state index contributed by atoms with van der Waals surface area (Å²) in [6.07, 6.45) is 3.36. The minimum absolute atomic E-state index is 0.203. The van der Waals surface area contributed by atoms with Crippen molar-refractivity contribution in [1.29, 1.82) is 0 Å². The highest BCUT2D eigenvalue weighted by atomic mass is 35.5. The Morgan fingerprint density at radius 2 is 1.85 bits per heavy atom. The molecule has 0 radical (unpaired) electrons. The summed E-state index contributed by atoms with van der Waals surface area (Å²) >= 11 is 6.42. The number of fused-ring (bicyclic) bond motifs is 2. The van der Waals surface area contributed by atoms with E-state index in [1.54, 1.807) is 52.7 Å². The number of hydrogen-bond donors (Lipinski definition) is 1. The summed E-state index contributed by atoms with van der Waals surface area (Å²) in [5.41, 5.74) is 2.56. The van der Waals surface area contributed by atoms with Crippen LogP contribution in [0.5, 0.6) is 0 Å². The van der Waals surface area contributed by atoms with E-state index in [0.29, 0.717) is 44.1 Å². The molecule has 5 rings (SSSR count). The molecule has 0 fully saturated rings. The zero-order valence-electron chi connectivity index (χ0n) is 18.0. The van der Waals surface area contributed by atoms with Crippen LogP contribution in [0, 0.1) is 6.92 Å². The van der Waals surface area contributed by atoms with Crippen molar-refractivity contribution in [2.45, 2.75) is 19.9 Å². The van der Waals surface area contributed by atoms with Gasteiger partial charge in [-0.2, -0.15) is 5.10 Å². The zero-order valence-corrected chi connectivity index (χ0v) is 18.7. The van der Waals surface area contributed by atoms with Crippen molar-refractivity contribution in [3.05, 3.63) is 105 Å². The van der Waals surface area contributed by atoms with Crippen LogP contribution in [0.3, 0.4) is 0 Å². The molecule has 8 heteroatoms. The van der Waals surface area contributed by atoms with Gasteiger partial charge in [-0.1, -0.05) is 35.9 Å². The molecule has 2 aromatic carbocycles. The second-order valence-corrected chi connectivity index (χ2v) is 8.20. The Bertz CT molecular complexity index is 1570. The molecule has 1 atom stereocenters. The molecular formula is C25H20ClN5O2. The molecule has 164 valence electrons. The molecule has 0 saturated heterocycles. The maximum atomic E-state index is 13.5. The summed E-state index contributed by atoms with van der Waals surface area (Å²) in [5.74, 6) is -0.319. The molecule has 0 aliphatic carbocycles. The lowest BCUT2D eigenvalue weighted by Gasteiger charge is -2.21. The van der Waals surface area contributed by atoms with Gasteiger partial charge in [0.25, 0.3) is 11.5 Å². The highest BCUT2D eigenvalue weighted by molar-refractivity contribution is 6.35. The highest BCUT2D eigenvalue weighted by Gasteiger charge is 2.23. The van der Waals surface area contributed by atoms with E-state index >= 15 is 0 Å². The summed E-state index contributed by atoms with van der Waals surface area (Å²) in [6.45, 7) is 3.60. The van der Waals surface area contributed by atoms with Crippen molar-refractivity contribution in [1.82, 2.24) is 24.5 Å². The Morgan fingerprint density at radius 1 is 1.06 bits per heavy atom. The minimum Gasteiger partial charge on any atom is -0.344 e. The first-order valence-electron chi connectivity index (χ1n) is 10.5. The van der Waals surface area contributed by atoms with E-state index in [1.165, 1.54) is 0 Å². The number of rotatable bonds is 4. The predicted molar refractivity (Wildman–Crippen MR) is 128 cm³/mol. The molecule has 3 aromatic heterocycles. The van der Waals surface area contributed by atoms with Crippen molar-refractivity contribution >= 4 is 33.9 Å². The number of pyridine rings is 1. The van der Waals surface area contributed by atoms with E-state index in [1.807, 2.05) is 43.3 Å². The normalized spacial score (nSPS) is 12.2. The molecule has 7 nitrogen and oxygen atoms in total. The molecule has 0 aliphatic heterocycles. The Labute approximate surface area is 194 Å². The largest absolute Gasteiger partial charge is 0.344 e. The molecule has 1 N–H and O–H groups in total. The summed E-state index contributed by atoms with van der Waals surface area (Å²) in [5, 5.41) is 9.01. The number of amides is 1. The fraction of sp³-hybridized carbons (Fsp3) is 0.120. The Hall–Kier alpha value is -3.97. The van der Waals surface area contributed by atoms with Gasteiger partial charge in [-0.05, 0) is 50.2 Å². The fourth-order valence-corrected chi connectivity index (χ4v) is 4.32. The van der Waals surface area contributed by atoms with Crippen molar-refractivity contribution in [2.75, 3.05) is 0 Å². The van der Waals surface area contributed by atoms with Crippen molar-refractivity contribution in [2.24, 2.45) is 0 Å². The topological polar surface area (TPSA) is 81.3 Å². The number of nitrogens with zero attached hydrogens (tertiary/aromatic N) is 4. The number of nitrogens with one attached hydrogen (secondary N) is 1. The van der Waals surface area contributed by atoms with Crippen LogP contribution in [-0.2, 0) is 0 Å². The molecule has 0 aliphatic rings. The summed E-state index contributed by atoms with van der Waals surface area (Å²) in [7, 11) is 0. The molecule has 0 unspecified atom stereocenters. The van der Waals surface area contributed by atoms with E-state index in [0.717, 1.165) is 0 Å². The van der Waals surface area contributed by atoms with Gasteiger partial charge >= 0.3 is 0 Å². The van der Waals surface area contributed by atoms with Gasteiger partial charge in [0.15, 0.2) is 5.65 Å². The Balaban J connectivity index is 1.64. The lowest BCUT2D eigenvalue weighted by atomic mass is 10.1. The third-order valence-electron chi connectivity index (χ3n) is 5.64. The third kappa shape index (κ3) is 3.56. The molecule has 1 amide bonds. The first-order chi connectivity index (χ1) is 16.0. The minimum atomic E-state index is -0.510. The first-order valence-corrected chi connectivity index (χ1v) is 10.8. The Kier molecular flexibility index (Phi) is 5.18. The van der Waals surface area contributed by atoms with Crippen LogP contribution in [0.15, 0.2) is 77.9 Å². The standard InChI is InChI=1S/C25H20ClN5O2/c1-15(28-24(32)22-16(2)29-30-13-7-12-27-23(22)30)21-14-19-18(10-6-11-20(19)26)25(33)31(21)17-8-4-3-5-9-17/h3-15H,1-2H3,(H,28,32)/t15-/m0/s1. The van der Waals surface area contributed by atoms with Crippen LogP contribution >= 0.6 is 11.6 Å². The number of para-hydroxylation sites is 1. The van der Waals surface area contributed by atoms with Crippen LogP contribution < -0.4 is 10.9 Å². The van der Waals surface area contributed by atoms with Crippen molar-refractivity contribution < 1.29 is 4.79 Å². The molecule has 33 heavy (non-hydrogen) atoms. The number of carbonyl (C=O) groups excluding carboxylic acids is 1. The number of benzene rings is 2. The number of aromatic nitrogens is 4. The predicted octanol–water partition coefficient (Wildman–Crippen LogP) is 4.49. The fourth-order valence-electron chi connectivity index (χ4n) is 4.09. The quantitative estimate of drug-likeness (QED) is 0.431. The second-order valence-electron chi connectivity index (χ2n) is 7.79. The van der Waals surface area contributed by atoms with Crippen molar-refractivity contribution in [3.63, 3.8) is 0 Å². The van der Waals surface area contributed by atoms with Crippen LogP contribution in [0.25, 0.3) is 22.1 Å². The lowest BCUT2D eigenvalue weighted by Crippen LogP contribution is -2.32. The van der Waals surface area contributed by atoms with E-state index in [9.17, 15) is 9.59 Å². The van der Waals surface area contributed by atoms with Gasteiger partial charge in [-0.15, -0.1) is 0 Å². The van der Waals surface area contributed by atoms with Crippen LogP contribution in [-0.4, -0.2) is 25.1 Å². The van der Waals surface area contributed by atoms with E-state index in [2.05, 4.69) is 15.4 Å². The summed E-state index contributed by atoms with van der Waals surface area (Å²) in [6, 6.07) is 17.7. The Morgan fingerprint density at radius 3 is 2.64 bits per heavy atom. The average Bonchev–Trinajstić information content (AvgIpc) is 3.15. The molecule has 5 aromatic rings. The van der Waals surface area contributed by atoms with Gasteiger partial charge in [0.2, 0.25) is 0 Å². The molecule has 0 spiro atoms. The van der Waals surface area contributed by atoms with E-state index in [4.69, 9.17) is 11.6 Å². The first kappa shape index (κ1) is 20.9. The van der Waals surface area contributed by atoms with E-state index in [-0.39, 0.29) is 11.5 Å². The molecule has 0 bridgehead atoms. The van der Waals surface area contributed by atoms with Crippen LogP contribution in [0.2, 0.25) is 5.02 Å². The third-order valence-corrected chi connectivity index (χ3v) is 5.97. The SMILES string of the molecule is Cc1nn2cccnc2c1C(=O)N[C@@H](C)c1cc2c(Cl)cccc2c(=O)n1-c1ccccc1. The van der Waals surface area contributed by atoms with Gasteiger partial charge in [0, 0.05) is 39.6 Å². The maximum Gasteiger partial charge on any atom is 0.263 e. The van der Waals surface area contributed by atoms with Gasteiger partial charge in [0.05, 0.1) is 11.7 Å². The number of hydrogen-bond acceptors (Lipinski definition) is 4. The van der Waals surface area contributed by atoms with Crippen LogP contribution in [0.4, 0.5) is 0 Å².